The summed E-state index contributed by atoms with van der Waals surface area (Å²) in [5.41, 5.74) is 0.991. The molecule has 2 N–H and O–H groups in total. The Morgan fingerprint density at radius 1 is 1.29 bits per heavy atom. The molecule has 0 spiro atoms. The Kier molecular flexibility index (Phi) is 7.31. The second-order valence-corrected chi connectivity index (χ2v) is 9.34. The molecule has 0 aromatic heterocycles. The standard InChI is InChI=1S/C24H34O4/c1-17(2)28-21(22(25)26)16-19-8-6-7-18(15-19)9-12-24(27)13-10-20(11-14-24)23(3,4)5/h6-8,15,17,20-21,27H,10-11,13-14,16H2,1-5H3,(H,25,26). The molecule has 1 atom stereocenters. The predicted octanol–water partition coefficient (Wildman–Crippen LogP) is 4.43. The van der Waals surface area contributed by atoms with Gasteiger partial charge in [0, 0.05) is 12.0 Å². The van der Waals surface area contributed by atoms with Gasteiger partial charge in [0.25, 0.3) is 0 Å². The summed E-state index contributed by atoms with van der Waals surface area (Å²) in [6.45, 7) is 10.4. The number of aliphatic hydroxyl groups is 1. The van der Waals surface area contributed by atoms with Gasteiger partial charge >= 0.3 is 5.97 Å². The van der Waals surface area contributed by atoms with E-state index in [1.54, 1.807) is 0 Å². The molecule has 1 aliphatic rings. The van der Waals surface area contributed by atoms with Crippen molar-refractivity contribution >= 4 is 5.97 Å². The summed E-state index contributed by atoms with van der Waals surface area (Å²) in [5.74, 6) is 5.84. The van der Waals surface area contributed by atoms with Crippen LogP contribution in [-0.2, 0) is 16.0 Å². The van der Waals surface area contributed by atoms with Crippen molar-refractivity contribution in [1.29, 1.82) is 0 Å². The van der Waals surface area contributed by atoms with Crippen LogP contribution in [0.4, 0.5) is 0 Å². The summed E-state index contributed by atoms with van der Waals surface area (Å²) in [5, 5.41) is 20.2. The summed E-state index contributed by atoms with van der Waals surface area (Å²) in [7, 11) is 0. The third-order valence-corrected chi connectivity index (χ3v) is 5.54. The number of carboxylic acids is 1. The number of hydrogen-bond acceptors (Lipinski definition) is 3. The monoisotopic (exact) mass is 386 g/mol. The van der Waals surface area contributed by atoms with Gasteiger partial charge in [-0.15, -0.1) is 0 Å². The van der Waals surface area contributed by atoms with Crippen LogP contribution in [0.15, 0.2) is 24.3 Å². The summed E-state index contributed by atoms with van der Waals surface area (Å²) in [4.78, 5) is 11.4. The van der Waals surface area contributed by atoms with E-state index >= 15 is 0 Å². The highest BCUT2D eigenvalue weighted by molar-refractivity contribution is 5.72. The zero-order chi connectivity index (χ0) is 20.9. The number of benzene rings is 1. The molecule has 0 bridgehead atoms. The molecule has 4 heteroatoms. The van der Waals surface area contributed by atoms with E-state index in [-0.39, 0.29) is 11.5 Å². The predicted molar refractivity (Wildman–Crippen MR) is 111 cm³/mol. The van der Waals surface area contributed by atoms with Gasteiger partial charge in [0.1, 0.15) is 5.60 Å². The van der Waals surface area contributed by atoms with E-state index < -0.39 is 17.7 Å². The fraction of sp³-hybridized carbons (Fsp3) is 0.625. The summed E-state index contributed by atoms with van der Waals surface area (Å²) in [6, 6.07) is 7.53. The lowest BCUT2D eigenvalue weighted by Crippen LogP contribution is -2.36. The first kappa shape index (κ1) is 22.5. The van der Waals surface area contributed by atoms with Crippen molar-refractivity contribution in [1.82, 2.24) is 0 Å². The van der Waals surface area contributed by atoms with E-state index in [1.807, 2.05) is 38.1 Å². The molecule has 154 valence electrons. The molecule has 0 amide bonds. The molecule has 1 saturated carbocycles. The van der Waals surface area contributed by atoms with E-state index in [0.717, 1.165) is 24.0 Å². The Morgan fingerprint density at radius 2 is 1.93 bits per heavy atom. The molecule has 0 saturated heterocycles. The van der Waals surface area contributed by atoms with Gasteiger partial charge in [-0.05, 0) is 68.6 Å². The van der Waals surface area contributed by atoms with Crippen molar-refractivity contribution in [2.45, 2.75) is 84.5 Å². The average Bonchev–Trinajstić information content (AvgIpc) is 2.59. The van der Waals surface area contributed by atoms with Crippen LogP contribution in [0.25, 0.3) is 0 Å². The molecule has 1 aromatic carbocycles. The van der Waals surface area contributed by atoms with Gasteiger partial charge in [-0.25, -0.2) is 4.79 Å². The van der Waals surface area contributed by atoms with Gasteiger partial charge in [0.2, 0.25) is 0 Å². The summed E-state index contributed by atoms with van der Waals surface area (Å²) < 4.78 is 5.49. The minimum atomic E-state index is -0.963. The number of aliphatic carboxylic acids is 1. The zero-order valence-corrected chi connectivity index (χ0v) is 17.8. The molecule has 1 fully saturated rings. The van der Waals surface area contributed by atoms with Crippen LogP contribution < -0.4 is 0 Å². The lowest BCUT2D eigenvalue weighted by molar-refractivity contribution is -0.153. The van der Waals surface area contributed by atoms with Gasteiger partial charge in [-0.2, -0.15) is 0 Å². The number of ether oxygens (including phenoxy) is 1. The van der Waals surface area contributed by atoms with E-state index in [0.29, 0.717) is 25.2 Å². The second kappa shape index (κ2) is 9.11. The lowest BCUT2D eigenvalue weighted by Gasteiger charge is -2.39. The molecule has 1 aliphatic carbocycles. The van der Waals surface area contributed by atoms with Crippen LogP contribution in [0.3, 0.4) is 0 Å². The van der Waals surface area contributed by atoms with Crippen molar-refractivity contribution in [3.05, 3.63) is 35.4 Å². The van der Waals surface area contributed by atoms with Gasteiger partial charge in [-0.3, -0.25) is 0 Å². The maximum atomic E-state index is 11.4. The second-order valence-electron chi connectivity index (χ2n) is 9.34. The molecule has 0 aliphatic heterocycles. The molecular weight excluding hydrogens is 352 g/mol. The fourth-order valence-corrected chi connectivity index (χ4v) is 3.79. The average molecular weight is 387 g/mol. The third-order valence-electron chi connectivity index (χ3n) is 5.54. The zero-order valence-electron chi connectivity index (χ0n) is 17.8. The van der Waals surface area contributed by atoms with Crippen molar-refractivity contribution in [2.24, 2.45) is 11.3 Å². The van der Waals surface area contributed by atoms with Crippen molar-refractivity contribution < 1.29 is 19.7 Å². The maximum absolute atomic E-state index is 11.4. The number of carbonyl (C=O) groups is 1. The molecule has 1 unspecified atom stereocenters. The lowest BCUT2D eigenvalue weighted by atomic mass is 9.68. The molecule has 4 nitrogen and oxygen atoms in total. The molecular formula is C24H34O4. The smallest absolute Gasteiger partial charge is 0.333 e. The third kappa shape index (κ3) is 6.65. The molecule has 1 aromatic rings. The molecule has 0 heterocycles. The molecule has 28 heavy (non-hydrogen) atoms. The molecule has 0 radical (unpaired) electrons. The van der Waals surface area contributed by atoms with Gasteiger partial charge in [-0.1, -0.05) is 44.7 Å². The Hall–Kier alpha value is -1.83. The number of rotatable bonds is 5. The van der Waals surface area contributed by atoms with Crippen LogP contribution in [-0.4, -0.2) is 34.0 Å². The summed E-state index contributed by atoms with van der Waals surface area (Å²) >= 11 is 0. The van der Waals surface area contributed by atoms with Crippen LogP contribution in [0.1, 0.15) is 71.4 Å². The highest BCUT2D eigenvalue weighted by Crippen LogP contribution is 2.41. The Labute approximate surface area is 169 Å². The van der Waals surface area contributed by atoms with Gasteiger partial charge in [0.05, 0.1) is 6.10 Å². The quantitative estimate of drug-likeness (QED) is 0.735. The Bertz CT molecular complexity index is 725. The van der Waals surface area contributed by atoms with Gasteiger partial charge in [0.15, 0.2) is 6.10 Å². The largest absolute Gasteiger partial charge is 0.479 e. The van der Waals surface area contributed by atoms with Crippen LogP contribution >= 0.6 is 0 Å². The van der Waals surface area contributed by atoms with Crippen molar-refractivity contribution in [2.75, 3.05) is 0 Å². The van der Waals surface area contributed by atoms with Crippen molar-refractivity contribution in [3.63, 3.8) is 0 Å². The highest BCUT2D eigenvalue weighted by atomic mass is 16.5. The normalized spacial score (nSPS) is 23.8. The minimum absolute atomic E-state index is 0.151. The molecule has 2 rings (SSSR count). The van der Waals surface area contributed by atoms with Gasteiger partial charge < -0.3 is 14.9 Å². The SMILES string of the molecule is CC(C)OC(Cc1cccc(C#CC2(O)CCC(C(C)(C)C)CC2)c1)C(=O)O. The van der Waals surface area contributed by atoms with E-state index in [9.17, 15) is 15.0 Å². The van der Waals surface area contributed by atoms with Crippen molar-refractivity contribution in [3.8, 4) is 11.8 Å². The first-order chi connectivity index (χ1) is 13.0. The minimum Gasteiger partial charge on any atom is -0.479 e. The van der Waals surface area contributed by atoms with Crippen LogP contribution in [0.5, 0.6) is 0 Å². The number of hydrogen-bond donors (Lipinski definition) is 2. The van der Waals surface area contributed by atoms with E-state index in [2.05, 4.69) is 32.6 Å². The van der Waals surface area contributed by atoms with E-state index in [4.69, 9.17) is 4.74 Å². The first-order valence-corrected chi connectivity index (χ1v) is 10.2. The first-order valence-electron chi connectivity index (χ1n) is 10.2. The fourth-order valence-electron chi connectivity index (χ4n) is 3.79. The maximum Gasteiger partial charge on any atom is 0.333 e. The highest BCUT2D eigenvalue weighted by Gasteiger charge is 2.36. The van der Waals surface area contributed by atoms with E-state index in [1.165, 1.54) is 0 Å². The topological polar surface area (TPSA) is 66.8 Å². The Balaban J connectivity index is 2.06. The van der Waals surface area contributed by atoms with Crippen LogP contribution in [0.2, 0.25) is 0 Å². The summed E-state index contributed by atoms with van der Waals surface area (Å²) in [6.07, 6.45) is 2.64. The Morgan fingerprint density at radius 3 is 2.46 bits per heavy atom. The number of carboxylic acid groups (broad SMARTS) is 1. The van der Waals surface area contributed by atoms with Crippen LogP contribution in [0, 0.1) is 23.2 Å².